The van der Waals surface area contributed by atoms with Gasteiger partial charge in [-0.2, -0.15) is 0 Å². The molecule has 0 radical (unpaired) electrons. The number of aromatic nitrogens is 1. The molecule has 0 bridgehead atoms. The van der Waals surface area contributed by atoms with Crippen molar-refractivity contribution in [1.29, 1.82) is 0 Å². The Hall–Kier alpha value is -2.11. The summed E-state index contributed by atoms with van der Waals surface area (Å²) in [6, 6.07) is 1.48. The minimum Gasteiger partial charge on any atom is -0.339 e. The van der Waals surface area contributed by atoms with Crippen LogP contribution in [0.3, 0.4) is 0 Å². The van der Waals surface area contributed by atoms with E-state index in [0.29, 0.717) is 11.5 Å². The van der Waals surface area contributed by atoms with E-state index in [1.165, 1.54) is 16.8 Å². The van der Waals surface area contributed by atoms with Gasteiger partial charge in [-0.3, -0.25) is 14.4 Å². The van der Waals surface area contributed by atoms with Crippen molar-refractivity contribution in [1.82, 2.24) is 9.47 Å². The van der Waals surface area contributed by atoms with Crippen LogP contribution in [0.1, 0.15) is 43.5 Å². The summed E-state index contributed by atoms with van der Waals surface area (Å²) >= 11 is 0. The largest absolute Gasteiger partial charge is 0.339 e. The number of piperidine rings is 1. The summed E-state index contributed by atoms with van der Waals surface area (Å²) in [7, 11) is 1.58. The van der Waals surface area contributed by atoms with Crippen LogP contribution in [0.25, 0.3) is 0 Å². The highest BCUT2D eigenvalue weighted by atomic mass is 16.2. The number of likely N-dealkylation sites (tertiary alicyclic amines) is 1. The predicted octanol–water partition coefficient (Wildman–Crippen LogP) is 1.61. The van der Waals surface area contributed by atoms with Crippen LogP contribution in [-0.4, -0.2) is 34.4 Å². The zero-order valence-electron chi connectivity index (χ0n) is 13.4. The zero-order chi connectivity index (χ0) is 16.3. The minimum absolute atomic E-state index is 0.0884. The predicted molar refractivity (Wildman–Crippen MR) is 84.9 cm³/mol. The fourth-order valence-corrected chi connectivity index (χ4v) is 2.55. The monoisotopic (exact) mass is 305 g/mol. The van der Waals surface area contributed by atoms with E-state index in [1.54, 1.807) is 14.0 Å². The average Bonchev–Trinajstić information content (AvgIpc) is 2.51. The van der Waals surface area contributed by atoms with E-state index in [4.69, 9.17) is 0 Å². The molecule has 1 N–H and O–H groups in total. The van der Waals surface area contributed by atoms with E-state index in [1.807, 2.05) is 4.90 Å². The highest BCUT2D eigenvalue weighted by Gasteiger charge is 2.22. The van der Waals surface area contributed by atoms with Gasteiger partial charge >= 0.3 is 0 Å². The van der Waals surface area contributed by atoms with Crippen molar-refractivity contribution in [2.75, 3.05) is 18.4 Å². The van der Waals surface area contributed by atoms with Gasteiger partial charge in [-0.15, -0.1) is 0 Å². The van der Waals surface area contributed by atoms with Crippen LogP contribution >= 0.6 is 0 Å². The number of anilines is 1. The van der Waals surface area contributed by atoms with Crippen LogP contribution in [-0.2, 0) is 11.8 Å². The van der Waals surface area contributed by atoms with Gasteiger partial charge in [0, 0.05) is 32.8 Å². The molecule has 0 spiro atoms. The molecule has 0 aliphatic carbocycles. The Balaban J connectivity index is 2.25. The second kappa shape index (κ2) is 6.77. The number of nitrogens with one attached hydrogen (secondary N) is 1. The quantitative estimate of drug-likeness (QED) is 0.922. The molecule has 0 aromatic carbocycles. The summed E-state index contributed by atoms with van der Waals surface area (Å²) in [6.45, 7) is 5.37. The van der Waals surface area contributed by atoms with Crippen molar-refractivity contribution in [3.63, 3.8) is 0 Å². The minimum atomic E-state index is -0.314. The molecule has 6 nitrogen and oxygen atoms in total. The number of amides is 2. The summed E-state index contributed by atoms with van der Waals surface area (Å²) < 4.78 is 1.34. The molecular weight excluding hydrogens is 282 g/mol. The Morgan fingerprint density at radius 2 is 1.95 bits per heavy atom. The highest BCUT2D eigenvalue weighted by Crippen LogP contribution is 2.18. The first-order valence-electron chi connectivity index (χ1n) is 7.72. The molecule has 1 aliphatic heterocycles. The standard InChI is InChI=1S/C16H23N3O3/c1-4-14(20)17-13-9-12(10-18(3)16(13)22)15(21)19-7-5-11(2)6-8-19/h9-11H,4-8H2,1-3H3,(H,17,20). The first kappa shape index (κ1) is 16.3. The third kappa shape index (κ3) is 3.55. The number of pyridine rings is 1. The number of carbonyl (C=O) groups is 2. The zero-order valence-corrected chi connectivity index (χ0v) is 13.4. The molecule has 1 aromatic rings. The first-order chi connectivity index (χ1) is 10.4. The second-order valence-electron chi connectivity index (χ2n) is 5.93. The van der Waals surface area contributed by atoms with Crippen molar-refractivity contribution in [3.8, 4) is 0 Å². The van der Waals surface area contributed by atoms with Crippen LogP contribution in [0.5, 0.6) is 0 Å². The maximum absolute atomic E-state index is 12.6. The van der Waals surface area contributed by atoms with Gasteiger partial charge < -0.3 is 14.8 Å². The van der Waals surface area contributed by atoms with Crippen LogP contribution in [0.15, 0.2) is 17.1 Å². The van der Waals surface area contributed by atoms with Gasteiger partial charge in [-0.25, -0.2) is 0 Å². The Morgan fingerprint density at radius 1 is 1.32 bits per heavy atom. The van der Waals surface area contributed by atoms with Gasteiger partial charge in [0.05, 0.1) is 5.56 Å². The van der Waals surface area contributed by atoms with Crippen LogP contribution in [0, 0.1) is 5.92 Å². The van der Waals surface area contributed by atoms with Gasteiger partial charge in [0.1, 0.15) is 5.69 Å². The maximum Gasteiger partial charge on any atom is 0.274 e. The molecular formula is C16H23N3O3. The lowest BCUT2D eigenvalue weighted by Gasteiger charge is -2.30. The fraction of sp³-hybridized carbons (Fsp3) is 0.562. The van der Waals surface area contributed by atoms with Crippen LogP contribution < -0.4 is 10.9 Å². The maximum atomic E-state index is 12.6. The summed E-state index contributed by atoms with van der Waals surface area (Å²) in [5.74, 6) is 0.312. The summed E-state index contributed by atoms with van der Waals surface area (Å²) in [5.41, 5.74) is 0.277. The van der Waals surface area contributed by atoms with E-state index in [0.717, 1.165) is 25.9 Å². The molecule has 1 aliphatic rings. The molecule has 1 aromatic heterocycles. The normalized spacial score (nSPS) is 15.7. The topological polar surface area (TPSA) is 71.4 Å². The van der Waals surface area contributed by atoms with Crippen molar-refractivity contribution < 1.29 is 9.59 Å². The first-order valence-corrected chi connectivity index (χ1v) is 7.72. The summed E-state index contributed by atoms with van der Waals surface area (Å²) in [4.78, 5) is 37.9. The lowest BCUT2D eigenvalue weighted by atomic mass is 9.99. The summed E-state index contributed by atoms with van der Waals surface area (Å²) in [5, 5.41) is 2.56. The number of aryl methyl sites for hydroxylation is 1. The van der Waals surface area contributed by atoms with E-state index >= 15 is 0 Å². The third-order valence-corrected chi connectivity index (χ3v) is 4.10. The molecule has 1 fully saturated rings. The van der Waals surface area contributed by atoms with Crippen LogP contribution in [0.4, 0.5) is 5.69 Å². The van der Waals surface area contributed by atoms with Gasteiger partial charge in [-0.1, -0.05) is 13.8 Å². The number of hydrogen-bond acceptors (Lipinski definition) is 3. The van der Waals surface area contributed by atoms with Gasteiger partial charge in [-0.05, 0) is 24.8 Å². The fourth-order valence-electron chi connectivity index (χ4n) is 2.55. The van der Waals surface area contributed by atoms with Crippen molar-refractivity contribution >= 4 is 17.5 Å². The van der Waals surface area contributed by atoms with Crippen molar-refractivity contribution in [2.45, 2.75) is 33.1 Å². The smallest absolute Gasteiger partial charge is 0.274 e. The molecule has 22 heavy (non-hydrogen) atoms. The van der Waals surface area contributed by atoms with E-state index in [9.17, 15) is 14.4 Å². The molecule has 0 unspecified atom stereocenters. The second-order valence-corrected chi connectivity index (χ2v) is 5.93. The van der Waals surface area contributed by atoms with E-state index in [-0.39, 0.29) is 29.5 Å². The van der Waals surface area contributed by atoms with Gasteiger partial charge in [0.25, 0.3) is 11.5 Å². The van der Waals surface area contributed by atoms with E-state index < -0.39 is 0 Å². The van der Waals surface area contributed by atoms with E-state index in [2.05, 4.69) is 12.2 Å². The molecule has 2 heterocycles. The van der Waals surface area contributed by atoms with Crippen molar-refractivity contribution in [2.24, 2.45) is 13.0 Å². The Bertz CT molecular complexity index is 628. The van der Waals surface area contributed by atoms with Crippen LogP contribution in [0.2, 0.25) is 0 Å². The lowest BCUT2D eigenvalue weighted by Crippen LogP contribution is -2.38. The lowest BCUT2D eigenvalue weighted by molar-refractivity contribution is -0.115. The van der Waals surface area contributed by atoms with Crippen molar-refractivity contribution in [3.05, 3.63) is 28.2 Å². The SMILES string of the molecule is CCC(=O)Nc1cc(C(=O)N2CCC(C)CC2)cn(C)c1=O. The number of carbonyl (C=O) groups excluding carboxylic acids is 2. The molecule has 6 heteroatoms. The highest BCUT2D eigenvalue weighted by molar-refractivity contribution is 5.96. The number of hydrogen-bond donors (Lipinski definition) is 1. The number of rotatable bonds is 3. The Morgan fingerprint density at radius 3 is 2.55 bits per heavy atom. The summed E-state index contributed by atoms with van der Waals surface area (Å²) in [6.07, 6.45) is 3.81. The Kier molecular flexibility index (Phi) is 5.00. The molecule has 1 saturated heterocycles. The van der Waals surface area contributed by atoms with Gasteiger partial charge in [0.15, 0.2) is 0 Å². The average molecular weight is 305 g/mol. The number of nitrogens with zero attached hydrogens (tertiary/aromatic N) is 2. The third-order valence-electron chi connectivity index (χ3n) is 4.10. The molecule has 0 saturated carbocycles. The molecule has 2 rings (SSSR count). The molecule has 2 amide bonds. The molecule has 0 atom stereocenters. The van der Waals surface area contributed by atoms with Gasteiger partial charge in [0.2, 0.25) is 5.91 Å². The molecule has 120 valence electrons. The Labute approximate surface area is 130 Å².